The maximum Gasteiger partial charge on any atom is 0.319 e. The van der Waals surface area contributed by atoms with Crippen LogP contribution in [0.2, 0.25) is 5.02 Å². The first-order chi connectivity index (χ1) is 8.04. The summed E-state index contributed by atoms with van der Waals surface area (Å²) in [4.78, 5) is 17.2. The maximum absolute atomic E-state index is 11.3. The van der Waals surface area contributed by atoms with E-state index < -0.39 is 0 Å². The van der Waals surface area contributed by atoms with Crippen molar-refractivity contribution in [2.75, 3.05) is 13.7 Å². The number of ether oxygens (including phenoxy) is 1. The van der Waals surface area contributed by atoms with Gasteiger partial charge in [-0.2, -0.15) is 0 Å². The second kappa shape index (κ2) is 6.57. The number of hydrogen-bond donors (Lipinski definition) is 0. The molecule has 0 N–H and O–H groups in total. The van der Waals surface area contributed by atoms with E-state index in [2.05, 4.69) is 9.72 Å². The molecule has 1 rings (SSSR count). The standard InChI is InChI=1S/C12H17ClN2O2/c1-9(2)15(8-12(16)17-3)7-10-4-5-14-6-11(10)13/h4-6,9H,7-8H2,1-3H3. The largest absolute Gasteiger partial charge is 0.468 e. The van der Waals surface area contributed by atoms with Crippen molar-refractivity contribution < 1.29 is 9.53 Å². The van der Waals surface area contributed by atoms with Gasteiger partial charge in [0.25, 0.3) is 0 Å². The summed E-state index contributed by atoms with van der Waals surface area (Å²) in [6, 6.07) is 2.09. The highest BCUT2D eigenvalue weighted by Crippen LogP contribution is 2.16. The number of rotatable bonds is 5. The molecule has 0 aromatic carbocycles. The van der Waals surface area contributed by atoms with Crippen molar-refractivity contribution in [3.05, 3.63) is 29.0 Å². The summed E-state index contributed by atoms with van der Waals surface area (Å²) in [5.41, 5.74) is 0.958. The Kier molecular flexibility index (Phi) is 5.38. The number of esters is 1. The molecule has 0 saturated carbocycles. The molecule has 1 aromatic heterocycles. The third-order valence-electron chi connectivity index (χ3n) is 2.52. The summed E-state index contributed by atoms with van der Waals surface area (Å²) >= 11 is 6.04. The van der Waals surface area contributed by atoms with Crippen molar-refractivity contribution in [3.63, 3.8) is 0 Å². The van der Waals surface area contributed by atoms with Gasteiger partial charge in [0.05, 0.1) is 18.7 Å². The average molecular weight is 257 g/mol. The van der Waals surface area contributed by atoms with E-state index >= 15 is 0 Å². The number of nitrogens with zero attached hydrogens (tertiary/aromatic N) is 2. The maximum atomic E-state index is 11.3. The molecule has 0 aliphatic carbocycles. The van der Waals surface area contributed by atoms with Crippen LogP contribution in [0.25, 0.3) is 0 Å². The minimum atomic E-state index is -0.246. The highest BCUT2D eigenvalue weighted by Gasteiger charge is 2.15. The number of hydrogen-bond acceptors (Lipinski definition) is 4. The number of aromatic nitrogens is 1. The molecule has 0 bridgehead atoms. The van der Waals surface area contributed by atoms with Crippen LogP contribution in [0.15, 0.2) is 18.5 Å². The van der Waals surface area contributed by atoms with E-state index in [1.54, 1.807) is 12.4 Å². The lowest BCUT2D eigenvalue weighted by Crippen LogP contribution is -2.35. The Bertz CT molecular complexity index is 383. The van der Waals surface area contributed by atoms with Gasteiger partial charge in [0, 0.05) is 25.0 Å². The molecule has 1 heterocycles. The highest BCUT2D eigenvalue weighted by atomic mass is 35.5. The van der Waals surface area contributed by atoms with E-state index in [-0.39, 0.29) is 18.6 Å². The molecule has 1 aromatic rings. The predicted octanol–water partition coefficient (Wildman–Crippen LogP) is 2.12. The molecule has 0 fully saturated rings. The average Bonchev–Trinajstić information content (AvgIpc) is 2.30. The summed E-state index contributed by atoms with van der Waals surface area (Å²) in [6.45, 7) is 4.91. The molecule has 0 aliphatic rings. The molecule has 0 radical (unpaired) electrons. The zero-order valence-corrected chi connectivity index (χ0v) is 11.1. The van der Waals surface area contributed by atoms with Crippen LogP contribution in [-0.2, 0) is 16.1 Å². The number of carbonyl (C=O) groups excluding carboxylic acids is 1. The fraction of sp³-hybridized carbons (Fsp3) is 0.500. The van der Waals surface area contributed by atoms with Gasteiger partial charge in [-0.1, -0.05) is 11.6 Å². The van der Waals surface area contributed by atoms with Crippen LogP contribution >= 0.6 is 11.6 Å². The van der Waals surface area contributed by atoms with Gasteiger partial charge in [-0.25, -0.2) is 0 Å². The van der Waals surface area contributed by atoms with Gasteiger partial charge >= 0.3 is 5.97 Å². The second-order valence-electron chi connectivity index (χ2n) is 4.04. The van der Waals surface area contributed by atoms with Gasteiger partial charge in [-0.3, -0.25) is 14.7 Å². The molecule has 0 aliphatic heterocycles. The van der Waals surface area contributed by atoms with Gasteiger partial charge in [0.15, 0.2) is 0 Å². The van der Waals surface area contributed by atoms with Crippen molar-refractivity contribution >= 4 is 17.6 Å². The van der Waals surface area contributed by atoms with Crippen molar-refractivity contribution in [1.82, 2.24) is 9.88 Å². The molecule has 94 valence electrons. The van der Waals surface area contributed by atoms with Crippen LogP contribution in [0.4, 0.5) is 0 Å². The Morgan fingerprint density at radius 2 is 2.29 bits per heavy atom. The quantitative estimate of drug-likeness (QED) is 0.757. The molecule has 0 atom stereocenters. The number of pyridine rings is 1. The van der Waals surface area contributed by atoms with E-state index in [1.165, 1.54) is 7.11 Å². The summed E-state index contributed by atoms with van der Waals surface area (Å²) in [7, 11) is 1.39. The third kappa shape index (κ3) is 4.32. The normalized spacial score (nSPS) is 10.9. The summed E-state index contributed by atoms with van der Waals surface area (Å²) in [5.74, 6) is -0.246. The monoisotopic (exact) mass is 256 g/mol. The Labute approximate surface area is 107 Å². The molecular weight excluding hydrogens is 240 g/mol. The minimum absolute atomic E-state index is 0.235. The Morgan fingerprint density at radius 1 is 1.59 bits per heavy atom. The molecule has 0 saturated heterocycles. The van der Waals surface area contributed by atoms with Crippen LogP contribution in [0.1, 0.15) is 19.4 Å². The number of carbonyl (C=O) groups is 1. The van der Waals surface area contributed by atoms with Crippen LogP contribution in [0.5, 0.6) is 0 Å². The molecule has 0 unspecified atom stereocenters. The fourth-order valence-electron chi connectivity index (χ4n) is 1.40. The van der Waals surface area contributed by atoms with Crippen molar-refractivity contribution in [2.24, 2.45) is 0 Å². The Balaban J connectivity index is 2.74. The van der Waals surface area contributed by atoms with E-state index in [0.717, 1.165) is 5.56 Å². The minimum Gasteiger partial charge on any atom is -0.468 e. The number of methoxy groups -OCH3 is 1. The van der Waals surface area contributed by atoms with Crippen molar-refractivity contribution in [1.29, 1.82) is 0 Å². The first-order valence-corrected chi connectivity index (χ1v) is 5.81. The highest BCUT2D eigenvalue weighted by molar-refractivity contribution is 6.31. The van der Waals surface area contributed by atoms with Crippen LogP contribution in [-0.4, -0.2) is 35.5 Å². The lowest BCUT2D eigenvalue weighted by Gasteiger charge is -2.25. The van der Waals surface area contributed by atoms with Gasteiger partial charge in [0.2, 0.25) is 0 Å². The lowest BCUT2D eigenvalue weighted by molar-refractivity contribution is -0.142. The summed E-state index contributed by atoms with van der Waals surface area (Å²) in [6.07, 6.45) is 3.30. The van der Waals surface area contributed by atoms with E-state index in [4.69, 9.17) is 11.6 Å². The van der Waals surface area contributed by atoms with Crippen molar-refractivity contribution in [2.45, 2.75) is 26.4 Å². The first-order valence-electron chi connectivity index (χ1n) is 5.44. The van der Waals surface area contributed by atoms with Crippen LogP contribution < -0.4 is 0 Å². The van der Waals surface area contributed by atoms with Crippen LogP contribution in [0, 0.1) is 0 Å². The van der Waals surface area contributed by atoms with E-state index in [0.29, 0.717) is 11.6 Å². The van der Waals surface area contributed by atoms with E-state index in [9.17, 15) is 4.79 Å². The van der Waals surface area contributed by atoms with Crippen molar-refractivity contribution in [3.8, 4) is 0 Å². The molecule has 0 spiro atoms. The van der Waals surface area contributed by atoms with Gasteiger partial charge < -0.3 is 4.74 Å². The molecule has 17 heavy (non-hydrogen) atoms. The summed E-state index contributed by atoms with van der Waals surface area (Å²) in [5, 5.41) is 0.614. The van der Waals surface area contributed by atoms with Gasteiger partial charge in [-0.15, -0.1) is 0 Å². The smallest absolute Gasteiger partial charge is 0.319 e. The fourth-order valence-corrected chi connectivity index (χ4v) is 1.58. The lowest BCUT2D eigenvalue weighted by atomic mass is 10.2. The predicted molar refractivity (Wildman–Crippen MR) is 66.8 cm³/mol. The van der Waals surface area contributed by atoms with E-state index in [1.807, 2.05) is 24.8 Å². The summed E-state index contributed by atoms with van der Waals surface area (Å²) < 4.78 is 4.67. The topological polar surface area (TPSA) is 42.4 Å². The zero-order valence-electron chi connectivity index (χ0n) is 10.3. The molecule has 0 amide bonds. The Hall–Kier alpha value is -1.13. The Morgan fingerprint density at radius 3 is 2.82 bits per heavy atom. The zero-order chi connectivity index (χ0) is 12.8. The van der Waals surface area contributed by atoms with Gasteiger partial charge in [-0.05, 0) is 25.5 Å². The third-order valence-corrected chi connectivity index (χ3v) is 2.86. The number of halogens is 1. The molecule has 4 nitrogen and oxygen atoms in total. The second-order valence-corrected chi connectivity index (χ2v) is 4.45. The molecule has 5 heteroatoms. The SMILES string of the molecule is COC(=O)CN(Cc1ccncc1Cl)C(C)C. The molecular formula is C12H17ClN2O2. The first kappa shape index (κ1) is 13.9. The van der Waals surface area contributed by atoms with Crippen LogP contribution in [0.3, 0.4) is 0 Å². The van der Waals surface area contributed by atoms with Gasteiger partial charge in [0.1, 0.15) is 0 Å².